The Morgan fingerprint density at radius 1 is 1.00 bits per heavy atom. The van der Waals surface area contributed by atoms with Gasteiger partial charge in [-0.2, -0.15) is 13.2 Å². The second kappa shape index (κ2) is 13.1. The molecule has 1 amide bonds. The lowest BCUT2D eigenvalue weighted by Crippen LogP contribution is -2.28. The zero-order chi connectivity index (χ0) is 26.7. The number of ether oxygens (including phenoxy) is 1. The van der Waals surface area contributed by atoms with Gasteiger partial charge in [0.05, 0.1) is 12.2 Å². The molecule has 1 heterocycles. The van der Waals surface area contributed by atoms with Crippen molar-refractivity contribution < 1.29 is 37.7 Å². The highest BCUT2D eigenvalue weighted by atomic mass is 19.4. The molecule has 36 heavy (non-hydrogen) atoms. The Hall–Kier alpha value is -4.12. The largest absolute Gasteiger partial charge is 0.491 e. The zero-order valence-corrected chi connectivity index (χ0v) is 19.5. The fraction of sp³-hybridized carbons (Fsp3) is 0.240. The number of nitrogens with one attached hydrogen (secondary N) is 2. The average molecular weight is 505 g/mol. The predicted molar refractivity (Wildman–Crippen MR) is 127 cm³/mol. The number of carbonyl (C=O) groups is 2. The minimum Gasteiger partial charge on any atom is -0.491 e. The number of amides is 1. The second-order valence-corrected chi connectivity index (χ2v) is 7.71. The van der Waals surface area contributed by atoms with Crippen molar-refractivity contribution in [1.82, 2.24) is 10.3 Å². The average Bonchev–Trinajstić information content (AvgIpc) is 2.83. The molecule has 11 heteroatoms. The van der Waals surface area contributed by atoms with E-state index in [0.29, 0.717) is 5.56 Å². The van der Waals surface area contributed by atoms with Crippen molar-refractivity contribution in [2.45, 2.75) is 32.2 Å². The van der Waals surface area contributed by atoms with Gasteiger partial charge in [0, 0.05) is 35.9 Å². The number of halogens is 3. The highest BCUT2D eigenvalue weighted by molar-refractivity contribution is 5.95. The first-order valence-corrected chi connectivity index (χ1v) is 10.8. The van der Waals surface area contributed by atoms with Crippen LogP contribution in [0.4, 0.5) is 24.5 Å². The molecule has 1 aromatic heterocycles. The van der Waals surface area contributed by atoms with Crippen LogP contribution in [0.5, 0.6) is 5.75 Å². The predicted octanol–water partition coefficient (Wildman–Crippen LogP) is 4.71. The minimum absolute atomic E-state index is 0.0915. The van der Waals surface area contributed by atoms with Crippen molar-refractivity contribution in [3.05, 3.63) is 84.2 Å². The number of carboxylic acids is 1. The molecule has 0 bridgehead atoms. The number of benzene rings is 2. The molecule has 1 atom stereocenters. The topological polar surface area (TPSA) is 121 Å². The molecule has 3 rings (SSSR count). The van der Waals surface area contributed by atoms with Crippen LogP contribution in [0, 0.1) is 0 Å². The molecule has 192 valence electrons. The van der Waals surface area contributed by atoms with Crippen molar-refractivity contribution >= 4 is 23.3 Å². The summed E-state index contributed by atoms with van der Waals surface area (Å²) in [5.41, 5.74) is 2.91. The van der Waals surface area contributed by atoms with Gasteiger partial charge in [0.1, 0.15) is 5.75 Å². The van der Waals surface area contributed by atoms with Gasteiger partial charge in [-0.1, -0.05) is 18.2 Å². The summed E-state index contributed by atoms with van der Waals surface area (Å²) < 4.78 is 37.3. The van der Waals surface area contributed by atoms with E-state index in [9.17, 15) is 23.1 Å². The van der Waals surface area contributed by atoms with Crippen LogP contribution in [0.25, 0.3) is 0 Å². The van der Waals surface area contributed by atoms with E-state index in [1.54, 1.807) is 36.7 Å². The van der Waals surface area contributed by atoms with Crippen LogP contribution >= 0.6 is 0 Å². The van der Waals surface area contributed by atoms with E-state index in [2.05, 4.69) is 15.6 Å². The molecule has 4 N–H and O–H groups in total. The number of pyridine rings is 1. The van der Waals surface area contributed by atoms with Gasteiger partial charge in [0.15, 0.2) is 0 Å². The van der Waals surface area contributed by atoms with Gasteiger partial charge in [0.25, 0.3) is 5.91 Å². The van der Waals surface area contributed by atoms with Crippen molar-refractivity contribution in [3.8, 4) is 5.75 Å². The quantitative estimate of drug-likeness (QED) is 0.350. The fourth-order valence-electron chi connectivity index (χ4n) is 2.79. The third-order valence-corrected chi connectivity index (χ3v) is 4.43. The third kappa shape index (κ3) is 9.63. The molecule has 0 aliphatic rings. The van der Waals surface area contributed by atoms with E-state index < -0.39 is 18.2 Å². The molecule has 1 unspecified atom stereocenters. The van der Waals surface area contributed by atoms with E-state index in [0.717, 1.165) is 22.7 Å². The number of aliphatic hydroxyl groups is 1. The summed E-state index contributed by atoms with van der Waals surface area (Å²) in [4.78, 5) is 25.4. The summed E-state index contributed by atoms with van der Waals surface area (Å²) in [5, 5.41) is 23.5. The maximum Gasteiger partial charge on any atom is 0.490 e. The first-order chi connectivity index (χ1) is 17.0. The molecule has 8 nitrogen and oxygen atoms in total. The molecule has 2 aromatic carbocycles. The number of aliphatic hydroxyl groups excluding tert-OH is 1. The monoisotopic (exact) mass is 505 g/mol. The lowest BCUT2D eigenvalue weighted by molar-refractivity contribution is -0.192. The summed E-state index contributed by atoms with van der Waals surface area (Å²) in [6.07, 6.45) is -2.40. The van der Waals surface area contributed by atoms with Gasteiger partial charge in [-0.05, 0) is 61.9 Å². The van der Waals surface area contributed by atoms with E-state index in [-0.39, 0.29) is 18.6 Å². The Morgan fingerprint density at radius 3 is 2.17 bits per heavy atom. The maximum atomic E-state index is 12.5. The molecule has 3 aromatic rings. The van der Waals surface area contributed by atoms with Crippen LogP contribution in [-0.2, 0) is 4.79 Å². The van der Waals surface area contributed by atoms with Crippen LogP contribution in [0.2, 0.25) is 0 Å². The molecule has 0 spiro atoms. The molecule has 0 saturated carbocycles. The summed E-state index contributed by atoms with van der Waals surface area (Å²) in [7, 11) is 0. The first kappa shape index (κ1) is 28.1. The van der Waals surface area contributed by atoms with E-state index >= 15 is 0 Å². The van der Waals surface area contributed by atoms with Gasteiger partial charge in [-0.3, -0.25) is 9.78 Å². The van der Waals surface area contributed by atoms with Gasteiger partial charge < -0.3 is 25.6 Å². The Labute approximate surface area is 205 Å². The number of rotatable bonds is 8. The summed E-state index contributed by atoms with van der Waals surface area (Å²) >= 11 is 0. The number of carbonyl (C=O) groups excluding carboxylic acids is 1. The van der Waals surface area contributed by atoms with E-state index in [1.807, 2.05) is 50.2 Å². The number of hydrogen-bond acceptors (Lipinski definition) is 6. The molecular weight excluding hydrogens is 479 g/mol. The third-order valence-electron chi connectivity index (χ3n) is 4.43. The number of carboxylic acid groups (broad SMARTS) is 1. The number of anilines is 2. The molecular formula is C25H26F3N3O5. The lowest BCUT2D eigenvalue weighted by Gasteiger charge is -2.14. The lowest BCUT2D eigenvalue weighted by atomic mass is 10.1. The molecule has 0 aliphatic carbocycles. The summed E-state index contributed by atoms with van der Waals surface area (Å²) in [6, 6.07) is 18.1. The number of alkyl halides is 3. The van der Waals surface area contributed by atoms with Crippen molar-refractivity contribution in [2.75, 3.05) is 11.9 Å². The number of aliphatic carboxylic acids is 1. The fourth-order valence-corrected chi connectivity index (χ4v) is 2.79. The van der Waals surface area contributed by atoms with Crippen LogP contribution in [0.3, 0.4) is 0 Å². The van der Waals surface area contributed by atoms with Crippen LogP contribution in [0.1, 0.15) is 35.9 Å². The molecule has 0 saturated heterocycles. The maximum absolute atomic E-state index is 12.5. The van der Waals surface area contributed by atoms with Crippen molar-refractivity contribution in [2.24, 2.45) is 0 Å². The van der Waals surface area contributed by atoms with Crippen molar-refractivity contribution in [3.63, 3.8) is 0 Å². The minimum atomic E-state index is -5.08. The zero-order valence-electron chi connectivity index (χ0n) is 19.5. The highest BCUT2D eigenvalue weighted by Crippen LogP contribution is 2.20. The van der Waals surface area contributed by atoms with E-state index in [1.165, 1.54) is 0 Å². The van der Waals surface area contributed by atoms with Crippen LogP contribution in [-0.4, -0.2) is 45.9 Å². The SMILES string of the molecule is CC(C)Oc1ccc(C(O)CNC(=O)c2cccc(Nc3ccncc3)c2)cc1.O=C(O)C(F)(F)F. The smallest absolute Gasteiger partial charge is 0.490 e. The Bertz CT molecular complexity index is 1120. The van der Waals surface area contributed by atoms with Gasteiger partial charge in [0.2, 0.25) is 0 Å². The Kier molecular flexibility index (Phi) is 10.2. The van der Waals surface area contributed by atoms with Gasteiger partial charge in [-0.15, -0.1) is 0 Å². The number of hydrogen-bond donors (Lipinski definition) is 4. The molecule has 0 fully saturated rings. The second-order valence-electron chi connectivity index (χ2n) is 7.71. The molecule has 0 radical (unpaired) electrons. The summed E-state index contributed by atoms with van der Waals surface area (Å²) in [5.74, 6) is -2.26. The van der Waals surface area contributed by atoms with Crippen LogP contribution < -0.4 is 15.4 Å². The highest BCUT2D eigenvalue weighted by Gasteiger charge is 2.38. The number of aromatic nitrogens is 1. The number of nitrogens with zero attached hydrogens (tertiary/aromatic N) is 1. The molecule has 0 aliphatic heterocycles. The standard InChI is InChI=1S/C23H25N3O3.C2HF3O2/c1-16(2)29-21-8-6-17(7-9-21)22(27)15-25-23(28)18-4-3-5-20(14-18)26-19-10-12-24-13-11-19;3-2(4,5)1(6)7/h3-14,16,22,27H,15H2,1-2H3,(H,24,26)(H,25,28);(H,6,7). The van der Waals surface area contributed by atoms with Gasteiger partial charge in [-0.25, -0.2) is 4.79 Å². The normalized spacial score (nSPS) is 11.6. The van der Waals surface area contributed by atoms with Crippen molar-refractivity contribution in [1.29, 1.82) is 0 Å². The first-order valence-electron chi connectivity index (χ1n) is 10.8. The summed E-state index contributed by atoms with van der Waals surface area (Å²) in [6.45, 7) is 4.03. The Balaban J connectivity index is 0.000000572. The van der Waals surface area contributed by atoms with Gasteiger partial charge >= 0.3 is 12.1 Å². The van der Waals surface area contributed by atoms with Crippen LogP contribution in [0.15, 0.2) is 73.1 Å². The van der Waals surface area contributed by atoms with E-state index in [4.69, 9.17) is 14.6 Å². The Morgan fingerprint density at radius 2 is 1.61 bits per heavy atom.